The van der Waals surface area contributed by atoms with Crippen molar-refractivity contribution in [3.63, 3.8) is 0 Å². The van der Waals surface area contributed by atoms with E-state index in [4.69, 9.17) is 5.84 Å². The maximum Gasteiger partial charge on any atom is 0.235 e. The van der Waals surface area contributed by atoms with Crippen LogP contribution < -0.4 is 11.3 Å². The highest BCUT2D eigenvalue weighted by Gasteiger charge is 2.22. The number of amides is 1. The first-order valence-corrected chi connectivity index (χ1v) is 6.36. The molecule has 1 atom stereocenters. The van der Waals surface area contributed by atoms with Crippen molar-refractivity contribution in [2.45, 2.75) is 64.0 Å². The zero-order valence-corrected chi connectivity index (χ0v) is 10.5. The lowest BCUT2D eigenvalue weighted by atomic mass is 10.0. The van der Waals surface area contributed by atoms with Gasteiger partial charge in [-0.3, -0.25) is 10.2 Å². The Balaban J connectivity index is 2.41. The fourth-order valence-corrected chi connectivity index (χ4v) is 2.50. The predicted molar refractivity (Wildman–Crippen MR) is 65.7 cm³/mol. The van der Waals surface area contributed by atoms with Crippen molar-refractivity contribution in [2.75, 3.05) is 7.05 Å². The van der Waals surface area contributed by atoms with Gasteiger partial charge in [-0.15, -0.1) is 0 Å². The largest absolute Gasteiger partial charge is 0.300 e. The van der Waals surface area contributed by atoms with Crippen molar-refractivity contribution < 1.29 is 4.79 Å². The summed E-state index contributed by atoms with van der Waals surface area (Å²) in [5.41, 5.74) is 2.20. The molecule has 94 valence electrons. The van der Waals surface area contributed by atoms with Crippen LogP contribution in [0, 0.1) is 0 Å². The van der Waals surface area contributed by atoms with Crippen LogP contribution in [0.5, 0.6) is 0 Å². The quantitative estimate of drug-likeness (QED) is 0.330. The molecule has 0 aromatic carbocycles. The fraction of sp³-hybridized carbons (Fsp3) is 0.917. The SMILES string of the molecule is CC(CC(=O)NN)N(C)C1CCCCCC1. The van der Waals surface area contributed by atoms with Gasteiger partial charge in [-0.1, -0.05) is 25.7 Å². The van der Waals surface area contributed by atoms with E-state index in [0.29, 0.717) is 12.5 Å². The van der Waals surface area contributed by atoms with Crippen molar-refractivity contribution in [3.8, 4) is 0 Å². The summed E-state index contributed by atoms with van der Waals surface area (Å²) < 4.78 is 0. The maximum absolute atomic E-state index is 11.2. The zero-order chi connectivity index (χ0) is 12.0. The van der Waals surface area contributed by atoms with Crippen LogP contribution in [0.15, 0.2) is 0 Å². The minimum Gasteiger partial charge on any atom is -0.300 e. The molecule has 1 unspecified atom stereocenters. The Morgan fingerprint density at radius 1 is 1.38 bits per heavy atom. The summed E-state index contributed by atoms with van der Waals surface area (Å²) in [4.78, 5) is 13.6. The number of hydrogen-bond donors (Lipinski definition) is 2. The van der Waals surface area contributed by atoms with E-state index < -0.39 is 0 Å². The van der Waals surface area contributed by atoms with E-state index in [9.17, 15) is 4.79 Å². The number of nitrogens with two attached hydrogens (primary N) is 1. The van der Waals surface area contributed by atoms with Gasteiger partial charge in [0.25, 0.3) is 0 Å². The normalized spacial score (nSPS) is 20.5. The molecule has 1 aliphatic carbocycles. The summed E-state index contributed by atoms with van der Waals surface area (Å²) in [5, 5.41) is 0. The van der Waals surface area contributed by atoms with Crippen molar-refractivity contribution in [1.29, 1.82) is 0 Å². The van der Waals surface area contributed by atoms with Gasteiger partial charge in [-0.05, 0) is 26.8 Å². The highest BCUT2D eigenvalue weighted by molar-refractivity contribution is 5.75. The molecule has 16 heavy (non-hydrogen) atoms. The number of nitrogens with zero attached hydrogens (tertiary/aromatic N) is 1. The van der Waals surface area contributed by atoms with E-state index in [2.05, 4.69) is 24.3 Å². The molecule has 1 rings (SSSR count). The van der Waals surface area contributed by atoms with E-state index in [0.717, 1.165) is 0 Å². The van der Waals surface area contributed by atoms with E-state index in [-0.39, 0.29) is 11.9 Å². The van der Waals surface area contributed by atoms with Gasteiger partial charge in [0.05, 0.1) is 0 Å². The van der Waals surface area contributed by atoms with Gasteiger partial charge < -0.3 is 4.90 Å². The second-order valence-electron chi connectivity index (χ2n) is 4.93. The molecule has 0 bridgehead atoms. The van der Waals surface area contributed by atoms with Crippen LogP contribution in [0.2, 0.25) is 0 Å². The van der Waals surface area contributed by atoms with E-state index >= 15 is 0 Å². The molecule has 0 spiro atoms. The van der Waals surface area contributed by atoms with E-state index in [1.807, 2.05) is 0 Å². The Kier molecular flexibility index (Phi) is 5.77. The van der Waals surface area contributed by atoms with E-state index in [1.54, 1.807) is 0 Å². The first kappa shape index (κ1) is 13.5. The average Bonchev–Trinajstić information content (AvgIpc) is 2.56. The Morgan fingerprint density at radius 2 is 1.94 bits per heavy atom. The van der Waals surface area contributed by atoms with Crippen molar-refractivity contribution in [3.05, 3.63) is 0 Å². The lowest BCUT2D eigenvalue weighted by Gasteiger charge is -2.32. The standard InChI is InChI=1S/C12H25N3O/c1-10(9-12(16)14-13)15(2)11-7-5-3-4-6-8-11/h10-11H,3-9,13H2,1-2H3,(H,14,16). The summed E-state index contributed by atoms with van der Waals surface area (Å²) in [5.74, 6) is 5.03. The van der Waals surface area contributed by atoms with E-state index in [1.165, 1.54) is 38.5 Å². The van der Waals surface area contributed by atoms with Gasteiger partial charge in [0.1, 0.15) is 0 Å². The number of hydrazine groups is 1. The first-order chi connectivity index (χ1) is 7.65. The smallest absolute Gasteiger partial charge is 0.235 e. The molecule has 0 saturated heterocycles. The predicted octanol–water partition coefficient (Wildman–Crippen LogP) is 1.41. The summed E-state index contributed by atoms with van der Waals surface area (Å²) >= 11 is 0. The minimum atomic E-state index is -0.0760. The van der Waals surface area contributed by atoms with Gasteiger partial charge in [-0.2, -0.15) is 0 Å². The van der Waals surface area contributed by atoms with Crippen molar-refractivity contribution in [2.24, 2.45) is 5.84 Å². The summed E-state index contributed by atoms with van der Waals surface area (Å²) in [6.07, 6.45) is 8.40. The molecule has 0 heterocycles. The molecule has 1 amide bonds. The highest BCUT2D eigenvalue weighted by atomic mass is 16.2. The third-order valence-corrected chi connectivity index (χ3v) is 3.74. The zero-order valence-electron chi connectivity index (χ0n) is 10.5. The fourth-order valence-electron chi connectivity index (χ4n) is 2.50. The minimum absolute atomic E-state index is 0.0760. The second kappa shape index (κ2) is 6.86. The number of carbonyl (C=O) groups is 1. The molecule has 3 N–H and O–H groups in total. The lowest BCUT2D eigenvalue weighted by molar-refractivity contribution is -0.122. The van der Waals surface area contributed by atoms with Crippen molar-refractivity contribution in [1.82, 2.24) is 10.3 Å². The monoisotopic (exact) mass is 227 g/mol. The van der Waals surface area contributed by atoms with Crippen LogP contribution in [0.3, 0.4) is 0 Å². The molecular weight excluding hydrogens is 202 g/mol. The third-order valence-electron chi connectivity index (χ3n) is 3.74. The van der Waals surface area contributed by atoms with Crippen LogP contribution in [0.1, 0.15) is 51.9 Å². The molecular formula is C12H25N3O. The molecule has 0 radical (unpaired) electrons. The first-order valence-electron chi connectivity index (χ1n) is 6.36. The Hall–Kier alpha value is -0.610. The number of nitrogens with one attached hydrogen (secondary N) is 1. The topological polar surface area (TPSA) is 58.4 Å². The van der Waals surface area contributed by atoms with Crippen LogP contribution in [-0.4, -0.2) is 29.9 Å². The average molecular weight is 227 g/mol. The lowest BCUT2D eigenvalue weighted by Crippen LogP contribution is -2.42. The summed E-state index contributed by atoms with van der Waals surface area (Å²) in [6.45, 7) is 2.10. The Labute approximate surface area is 98.5 Å². The molecule has 1 saturated carbocycles. The van der Waals surface area contributed by atoms with Crippen molar-refractivity contribution >= 4 is 5.91 Å². The van der Waals surface area contributed by atoms with Gasteiger partial charge in [-0.25, -0.2) is 5.84 Å². The number of rotatable bonds is 4. The van der Waals surface area contributed by atoms with Crippen LogP contribution in [-0.2, 0) is 4.79 Å². The summed E-state index contributed by atoms with van der Waals surface area (Å²) in [7, 11) is 2.13. The molecule has 1 aliphatic rings. The van der Waals surface area contributed by atoms with Gasteiger partial charge >= 0.3 is 0 Å². The second-order valence-corrected chi connectivity index (χ2v) is 4.93. The third kappa shape index (κ3) is 4.10. The molecule has 0 aromatic rings. The number of carbonyl (C=O) groups excluding carboxylic acids is 1. The van der Waals surface area contributed by atoms with Gasteiger partial charge in [0.2, 0.25) is 5.91 Å². The maximum atomic E-state index is 11.2. The van der Waals surface area contributed by atoms with Crippen LogP contribution in [0.4, 0.5) is 0 Å². The van der Waals surface area contributed by atoms with Crippen LogP contribution in [0.25, 0.3) is 0 Å². The van der Waals surface area contributed by atoms with Crippen LogP contribution >= 0.6 is 0 Å². The van der Waals surface area contributed by atoms with Gasteiger partial charge in [0.15, 0.2) is 0 Å². The molecule has 0 aromatic heterocycles. The summed E-state index contributed by atoms with van der Waals surface area (Å²) in [6, 6.07) is 0.912. The Bertz CT molecular complexity index is 212. The molecule has 4 heteroatoms. The van der Waals surface area contributed by atoms with Gasteiger partial charge in [0, 0.05) is 18.5 Å². The number of hydrogen-bond acceptors (Lipinski definition) is 3. The highest BCUT2D eigenvalue weighted by Crippen LogP contribution is 2.22. The Morgan fingerprint density at radius 3 is 2.44 bits per heavy atom. The molecule has 0 aliphatic heterocycles. The molecule has 1 fully saturated rings. The molecule has 4 nitrogen and oxygen atoms in total.